The highest BCUT2D eigenvalue weighted by Crippen LogP contribution is 2.24. The van der Waals surface area contributed by atoms with Gasteiger partial charge in [-0.05, 0) is 43.1 Å². The summed E-state index contributed by atoms with van der Waals surface area (Å²) in [7, 11) is 0. The fourth-order valence-electron chi connectivity index (χ4n) is 2.66. The normalized spacial score (nSPS) is 16.5. The predicted octanol–water partition coefficient (Wildman–Crippen LogP) is 4.22. The lowest BCUT2D eigenvalue weighted by molar-refractivity contribution is 0.0982. The molecular weight excluding hydrogens is 222 g/mol. The predicted molar refractivity (Wildman–Crippen MR) is 75.0 cm³/mol. The number of fused-ring (bicyclic) bond motifs is 1. The van der Waals surface area contributed by atoms with Gasteiger partial charge in [0.1, 0.15) is 0 Å². The molecule has 0 aliphatic heterocycles. The summed E-state index contributed by atoms with van der Waals surface area (Å²) in [5, 5.41) is 0. The lowest BCUT2D eigenvalue weighted by Gasteiger charge is -2.17. The molecule has 0 aromatic carbocycles. The van der Waals surface area contributed by atoms with Crippen LogP contribution >= 0.6 is 0 Å². The van der Waals surface area contributed by atoms with E-state index in [-0.39, 0.29) is 0 Å². The molecule has 2 heteroatoms. The molecule has 0 saturated carbocycles. The molecule has 1 aliphatic rings. The Morgan fingerprint density at radius 2 is 1.89 bits per heavy atom. The van der Waals surface area contributed by atoms with E-state index in [0.29, 0.717) is 11.2 Å². The number of hydrogen-bond donors (Lipinski definition) is 0. The van der Waals surface area contributed by atoms with Crippen molar-refractivity contribution in [2.24, 2.45) is 5.41 Å². The summed E-state index contributed by atoms with van der Waals surface area (Å²) in [6.07, 6.45) is 10.7. The van der Waals surface area contributed by atoms with Crippen LogP contribution in [0.5, 0.6) is 0 Å². The fourth-order valence-corrected chi connectivity index (χ4v) is 2.66. The van der Waals surface area contributed by atoms with Gasteiger partial charge in [0.05, 0.1) is 0 Å². The summed E-state index contributed by atoms with van der Waals surface area (Å²) in [5.74, 6) is 0.345. The van der Waals surface area contributed by atoms with Crippen LogP contribution in [0.1, 0.15) is 68.8 Å². The maximum Gasteiger partial charge on any atom is 0.164 e. The number of hydrogen-bond acceptors (Lipinski definition) is 1. The molecular formula is C16H25NO. The first-order valence-corrected chi connectivity index (χ1v) is 7.17. The minimum Gasteiger partial charge on any atom is -0.353 e. The SMILES string of the molecule is CC(C)(C)CCCn1cc2c(c1)C(=O)CCCC2. The zero-order valence-corrected chi connectivity index (χ0v) is 12.0. The Bertz CT molecular complexity index is 423. The second-order valence-electron chi connectivity index (χ2n) is 6.73. The van der Waals surface area contributed by atoms with Crippen LogP contribution in [0.4, 0.5) is 0 Å². The Labute approximate surface area is 110 Å². The van der Waals surface area contributed by atoms with Gasteiger partial charge in [-0.2, -0.15) is 0 Å². The lowest BCUT2D eigenvalue weighted by Crippen LogP contribution is -2.06. The largest absolute Gasteiger partial charge is 0.353 e. The summed E-state index contributed by atoms with van der Waals surface area (Å²) in [6, 6.07) is 0. The Hall–Kier alpha value is -1.05. The van der Waals surface area contributed by atoms with Gasteiger partial charge in [-0.15, -0.1) is 0 Å². The highest BCUT2D eigenvalue weighted by molar-refractivity contribution is 5.97. The molecule has 18 heavy (non-hydrogen) atoms. The van der Waals surface area contributed by atoms with E-state index in [4.69, 9.17) is 0 Å². The van der Waals surface area contributed by atoms with E-state index >= 15 is 0 Å². The number of carbonyl (C=O) groups excluding carboxylic acids is 1. The van der Waals surface area contributed by atoms with Gasteiger partial charge in [-0.3, -0.25) is 4.79 Å². The standard InChI is InChI=1S/C16H25NO/c1-16(2,3)9-6-10-17-11-13-7-4-5-8-15(18)14(13)12-17/h11-12H,4-10H2,1-3H3. The monoisotopic (exact) mass is 247 g/mol. The van der Waals surface area contributed by atoms with Crippen LogP contribution in [0.3, 0.4) is 0 Å². The van der Waals surface area contributed by atoms with Crippen molar-refractivity contribution in [1.82, 2.24) is 4.57 Å². The molecule has 0 spiro atoms. The Balaban J connectivity index is 1.99. The highest BCUT2D eigenvalue weighted by Gasteiger charge is 2.17. The molecule has 0 N–H and O–H groups in total. The molecule has 100 valence electrons. The van der Waals surface area contributed by atoms with Crippen LogP contribution in [0.15, 0.2) is 12.4 Å². The average Bonchev–Trinajstić information content (AvgIpc) is 2.58. The third-order valence-corrected chi connectivity index (χ3v) is 3.71. The summed E-state index contributed by atoms with van der Waals surface area (Å²) < 4.78 is 2.22. The molecule has 0 saturated heterocycles. The molecule has 1 aromatic heterocycles. The zero-order chi connectivity index (χ0) is 13.2. The molecule has 2 nitrogen and oxygen atoms in total. The summed E-state index contributed by atoms with van der Waals surface area (Å²) in [4.78, 5) is 11.9. The third kappa shape index (κ3) is 3.47. The van der Waals surface area contributed by atoms with Gasteiger partial charge < -0.3 is 4.57 Å². The number of aryl methyl sites for hydroxylation is 2. The molecule has 0 unspecified atom stereocenters. The molecule has 2 rings (SSSR count). The van der Waals surface area contributed by atoms with Crippen molar-refractivity contribution in [3.63, 3.8) is 0 Å². The number of rotatable bonds is 3. The molecule has 0 amide bonds. The fraction of sp³-hybridized carbons (Fsp3) is 0.688. The van der Waals surface area contributed by atoms with Gasteiger partial charge in [0.15, 0.2) is 5.78 Å². The maximum absolute atomic E-state index is 11.9. The smallest absolute Gasteiger partial charge is 0.164 e. The first kappa shape index (κ1) is 13.4. The molecule has 0 fully saturated rings. The van der Waals surface area contributed by atoms with Gasteiger partial charge in [0, 0.05) is 30.9 Å². The Morgan fingerprint density at radius 3 is 2.61 bits per heavy atom. The van der Waals surface area contributed by atoms with Gasteiger partial charge in [-0.25, -0.2) is 0 Å². The molecule has 0 bridgehead atoms. The van der Waals surface area contributed by atoms with Crippen molar-refractivity contribution >= 4 is 5.78 Å². The maximum atomic E-state index is 11.9. The molecule has 0 atom stereocenters. The minimum atomic E-state index is 0.345. The van der Waals surface area contributed by atoms with Crippen LogP contribution in [0.2, 0.25) is 0 Å². The van der Waals surface area contributed by atoms with Crippen LogP contribution in [-0.2, 0) is 13.0 Å². The van der Waals surface area contributed by atoms with Crippen molar-refractivity contribution in [3.05, 3.63) is 23.5 Å². The van der Waals surface area contributed by atoms with Gasteiger partial charge in [-0.1, -0.05) is 20.8 Å². The third-order valence-electron chi connectivity index (χ3n) is 3.71. The number of carbonyl (C=O) groups is 1. The highest BCUT2D eigenvalue weighted by atomic mass is 16.1. The van der Waals surface area contributed by atoms with Crippen molar-refractivity contribution in [3.8, 4) is 0 Å². The van der Waals surface area contributed by atoms with Crippen molar-refractivity contribution in [2.75, 3.05) is 0 Å². The van der Waals surface area contributed by atoms with Crippen molar-refractivity contribution in [1.29, 1.82) is 0 Å². The topological polar surface area (TPSA) is 22.0 Å². The number of aromatic nitrogens is 1. The minimum absolute atomic E-state index is 0.345. The van der Waals surface area contributed by atoms with E-state index in [2.05, 4.69) is 37.7 Å². The van der Waals surface area contributed by atoms with E-state index in [0.717, 1.165) is 37.8 Å². The first-order valence-electron chi connectivity index (χ1n) is 7.17. The van der Waals surface area contributed by atoms with Gasteiger partial charge in [0.2, 0.25) is 0 Å². The quantitative estimate of drug-likeness (QED) is 0.733. The average molecular weight is 247 g/mol. The Morgan fingerprint density at radius 1 is 1.17 bits per heavy atom. The van der Waals surface area contributed by atoms with E-state index in [9.17, 15) is 4.79 Å². The summed E-state index contributed by atoms with van der Waals surface area (Å²) in [6.45, 7) is 7.88. The van der Waals surface area contributed by atoms with E-state index < -0.39 is 0 Å². The second kappa shape index (κ2) is 5.29. The van der Waals surface area contributed by atoms with Crippen LogP contribution in [0, 0.1) is 5.41 Å². The Kier molecular flexibility index (Phi) is 3.94. The number of nitrogens with zero attached hydrogens (tertiary/aromatic N) is 1. The molecule has 0 radical (unpaired) electrons. The molecule has 1 aliphatic carbocycles. The number of Topliss-reactive ketones (excluding diaryl/α,β-unsaturated/α-hetero) is 1. The zero-order valence-electron chi connectivity index (χ0n) is 12.0. The van der Waals surface area contributed by atoms with Crippen molar-refractivity contribution in [2.45, 2.75) is 65.8 Å². The van der Waals surface area contributed by atoms with Crippen LogP contribution in [0.25, 0.3) is 0 Å². The summed E-state index contributed by atoms with van der Waals surface area (Å²) >= 11 is 0. The molecule has 1 heterocycles. The first-order chi connectivity index (χ1) is 8.46. The summed E-state index contributed by atoms with van der Waals surface area (Å²) in [5.41, 5.74) is 2.66. The second-order valence-corrected chi connectivity index (χ2v) is 6.73. The van der Waals surface area contributed by atoms with E-state index in [1.807, 2.05) is 0 Å². The van der Waals surface area contributed by atoms with Crippen LogP contribution in [-0.4, -0.2) is 10.4 Å². The molecule has 1 aromatic rings. The van der Waals surface area contributed by atoms with E-state index in [1.54, 1.807) is 0 Å². The van der Waals surface area contributed by atoms with Gasteiger partial charge in [0.25, 0.3) is 0 Å². The van der Waals surface area contributed by atoms with Crippen molar-refractivity contribution < 1.29 is 4.79 Å². The van der Waals surface area contributed by atoms with Gasteiger partial charge >= 0.3 is 0 Å². The van der Waals surface area contributed by atoms with E-state index in [1.165, 1.54) is 18.4 Å². The van der Waals surface area contributed by atoms with Crippen LogP contribution < -0.4 is 0 Å². The lowest BCUT2D eigenvalue weighted by atomic mass is 9.91. The number of ketones is 1.